The summed E-state index contributed by atoms with van der Waals surface area (Å²) in [6.07, 6.45) is 2.84. The van der Waals surface area contributed by atoms with Crippen molar-refractivity contribution < 1.29 is 4.79 Å². The van der Waals surface area contributed by atoms with Crippen LogP contribution < -0.4 is 5.73 Å². The van der Waals surface area contributed by atoms with Gasteiger partial charge in [0.1, 0.15) is 11.5 Å². The molecule has 1 aromatic rings. The van der Waals surface area contributed by atoms with Crippen LogP contribution in [0.25, 0.3) is 0 Å². The molecule has 2 N–H and O–H groups in total. The number of rotatable bonds is 3. The minimum Gasteiger partial charge on any atom is -0.382 e. The summed E-state index contributed by atoms with van der Waals surface area (Å²) in [6.45, 7) is 4.79. The minimum atomic E-state index is -0.150. The molecule has 0 atom stereocenters. The Kier molecular flexibility index (Phi) is 3.60. The Bertz CT molecular complexity index is 351. The van der Waals surface area contributed by atoms with E-state index in [2.05, 4.69) is 23.8 Å². The summed E-state index contributed by atoms with van der Waals surface area (Å²) in [7, 11) is 1.74. The Morgan fingerprint density at radius 2 is 2.20 bits per heavy atom. The second-order valence-corrected chi connectivity index (χ2v) is 3.91. The van der Waals surface area contributed by atoms with Crippen molar-refractivity contribution in [3.8, 4) is 0 Å². The van der Waals surface area contributed by atoms with Gasteiger partial charge in [-0.1, -0.05) is 13.8 Å². The number of nitrogen functional groups attached to an aromatic ring is 1. The van der Waals surface area contributed by atoms with E-state index in [0.29, 0.717) is 12.5 Å². The smallest absolute Gasteiger partial charge is 0.273 e. The molecule has 0 aliphatic carbocycles. The van der Waals surface area contributed by atoms with Crippen LogP contribution in [0.15, 0.2) is 12.4 Å². The zero-order valence-corrected chi connectivity index (χ0v) is 9.27. The number of nitrogens with zero attached hydrogens (tertiary/aromatic N) is 3. The van der Waals surface area contributed by atoms with Crippen LogP contribution in [0.5, 0.6) is 0 Å². The van der Waals surface area contributed by atoms with Gasteiger partial charge in [-0.3, -0.25) is 9.78 Å². The molecule has 5 heteroatoms. The van der Waals surface area contributed by atoms with Crippen molar-refractivity contribution in [2.45, 2.75) is 13.8 Å². The highest BCUT2D eigenvalue weighted by atomic mass is 16.2. The molecule has 1 amide bonds. The molecular formula is C10H16N4O. The molecule has 0 unspecified atom stereocenters. The van der Waals surface area contributed by atoms with Gasteiger partial charge in [0.15, 0.2) is 0 Å². The van der Waals surface area contributed by atoms with E-state index in [-0.39, 0.29) is 17.4 Å². The number of amides is 1. The van der Waals surface area contributed by atoms with Crippen LogP contribution in [0.1, 0.15) is 24.3 Å². The summed E-state index contributed by atoms with van der Waals surface area (Å²) in [6, 6.07) is 0. The van der Waals surface area contributed by atoms with Crippen LogP contribution in [0.2, 0.25) is 0 Å². The number of hydrogen-bond donors (Lipinski definition) is 1. The Morgan fingerprint density at radius 1 is 1.53 bits per heavy atom. The third-order valence-corrected chi connectivity index (χ3v) is 1.86. The topological polar surface area (TPSA) is 72.1 Å². The highest BCUT2D eigenvalue weighted by Crippen LogP contribution is 2.03. The van der Waals surface area contributed by atoms with Crippen molar-refractivity contribution in [3.63, 3.8) is 0 Å². The van der Waals surface area contributed by atoms with Gasteiger partial charge in [0.05, 0.1) is 12.4 Å². The first-order valence-corrected chi connectivity index (χ1v) is 4.83. The van der Waals surface area contributed by atoms with E-state index in [1.807, 2.05) is 0 Å². The van der Waals surface area contributed by atoms with Gasteiger partial charge in [0.2, 0.25) is 0 Å². The van der Waals surface area contributed by atoms with Crippen molar-refractivity contribution >= 4 is 11.7 Å². The van der Waals surface area contributed by atoms with Gasteiger partial charge >= 0.3 is 0 Å². The van der Waals surface area contributed by atoms with Crippen LogP contribution in [-0.4, -0.2) is 34.4 Å². The molecular weight excluding hydrogens is 192 g/mol. The zero-order chi connectivity index (χ0) is 11.4. The van der Waals surface area contributed by atoms with Gasteiger partial charge in [0.25, 0.3) is 5.91 Å². The Labute approximate surface area is 89.3 Å². The highest BCUT2D eigenvalue weighted by Gasteiger charge is 2.14. The molecule has 0 aromatic carbocycles. The Balaban J connectivity index is 2.76. The van der Waals surface area contributed by atoms with Gasteiger partial charge < -0.3 is 10.6 Å². The molecule has 0 saturated heterocycles. The monoisotopic (exact) mass is 208 g/mol. The van der Waals surface area contributed by atoms with Crippen LogP contribution in [0, 0.1) is 5.92 Å². The first-order valence-electron chi connectivity index (χ1n) is 4.83. The molecule has 0 fully saturated rings. The second kappa shape index (κ2) is 4.72. The molecule has 15 heavy (non-hydrogen) atoms. The molecule has 1 rings (SSSR count). The molecule has 0 saturated carbocycles. The summed E-state index contributed by atoms with van der Waals surface area (Å²) in [5, 5.41) is 0. The number of nitrogens with two attached hydrogens (primary N) is 1. The van der Waals surface area contributed by atoms with Crippen LogP contribution in [0.3, 0.4) is 0 Å². The fraction of sp³-hybridized carbons (Fsp3) is 0.500. The normalized spacial score (nSPS) is 10.4. The van der Waals surface area contributed by atoms with Crippen molar-refractivity contribution in [1.29, 1.82) is 0 Å². The minimum absolute atomic E-state index is 0.150. The maximum Gasteiger partial charge on any atom is 0.273 e. The number of carbonyl (C=O) groups is 1. The molecule has 1 aromatic heterocycles. The largest absolute Gasteiger partial charge is 0.382 e. The van der Waals surface area contributed by atoms with Crippen LogP contribution >= 0.6 is 0 Å². The lowest BCUT2D eigenvalue weighted by atomic mass is 10.2. The average Bonchev–Trinajstić information content (AvgIpc) is 2.15. The predicted octanol–water partition coefficient (Wildman–Crippen LogP) is 0.787. The fourth-order valence-corrected chi connectivity index (χ4v) is 1.31. The Hall–Kier alpha value is -1.65. The maximum absolute atomic E-state index is 11.8. The second-order valence-electron chi connectivity index (χ2n) is 3.91. The number of aromatic nitrogens is 2. The number of anilines is 1. The lowest BCUT2D eigenvalue weighted by Crippen LogP contribution is -2.31. The molecule has 0 aliphatic heterocycles. The average molecular weight is 208 g/mol. The fourth-order valence-electron chi connectivity index (χ4n) is 1.31. The third-order valence-electron chi connectivity index (χ3n) is 1.86. The van der Waals surface area contributed by atoms with E-state index in [1.165, 1.54) is 12.4 Å². The molecule has 0 spiro atoms. The molecule has 0 aliphatic rings. The summed E-state index contributed by atoms with van der Waals surface area (Å²) in [5.41, 5.74) is 5.74. The lowest BCUT2D eigenvalue weighted by molar-refractivity contribution is 0.0773. The summed E-state index contributed by atoms with van der Waals surface area (Å²) < 4.78 is 0. The van der Waals surface area contributed by atoms with Gasteiger partial charge in [-0.15, -0.1) is 0 Å². The van der Waals surface area contributed by atoms with E-state index < -0.39 is 0 Å². The van der Waals surface area contributed by atoms with Crippen molar-refractivity contribution in [1.82, 2.24) is 14.9 Å². The van der Waals surface area contributed by atoms with Gasteiger partial charge in [-0.05, 0) is 5.92 Å². The number of hydrogen-bond acceptors (Lipinski definition) is 4. The molecule has 0 bridgehead atoms. The van der Waals surface area contributed by atoms with E-state index in [4.69, 9.17) is 5.73 Å². The zero-order valence-electron chi connectivity index (χ0n) is 9.27. The lowest BCUT2D eigenvalue weighted by Gasteiger charge is -2.18. The van der Waals surface area contributed by atoms with E-state index in [9.17, 15) is 4.79 Å². The van der Waals surface area contributed by atoms with Crippen LogP contribution in [0.4, 0.5) is 5.82 Å². The summed E-state index contributed by atoms with van der Waals surface area (Å²) in [4.78, 5) is 21.2. The van der Waals surface area contributed by atoms with E-state index >= 15 is 0 Å². The van der Waals surface area contributed by atoms with Crippen molar-refractivity contribution in [3.05, 3.63) is 18.1 Å². The third kappa shape index (κ3) is 3.19. The SMILES string of the molecule is CC(C)CN(C)C(=O)c1cncc(N)n1. The summed E-state index contributed by atoms with van der Waals surface area (Å²) in [5.74, 6) is 0.537. The molecule has 82 valence electrons. The van der Waals surface area contributed by atoms with Gasteiger partial charge in [-0.25, -0.2) is 4.98 Å². The molecule has 5 nitrogen and oxygen atoms in total. The quantitative estimate of drug-likeness (QED) is 0.797. The maximum atomic E-state index is 11.8. The first kappa shape index (κ1) is 11.4. The highest BCUT2D eigenvalue weighted by molar-refractivity contribution is 5.92. The molecule has 1 heterocycles. The van der Waals surface area contributed by atoms with E-state index in [0.717, 1.165) is 0 Å². The molecule has 0 radical (unpaired) electrons. The first-order chi connectivity index (χ1) is 7.00. The van der Waals surface area contributed by atoms with Crippen molar-refractivity contribution in [2.24, 2.45) is 5.92 Å². The van der Waals surface area contributed by atoms with Gasteiger partial charge in [0, 0.05) is 13.6 Å². The van der Waals surface area contributed by atoms with Crippen LogP contribution in [-0.2, 0) is 0 Å². The van der Waals surface area contributed by atoms with Gasteiger partial charge in [-0.2, -0.15) is 0 Å². The number of carbonyl (C=O) groups excluding carboxylic acids is 1. The summed E-state index contributed by atoms with van der Waals surface area (Å²) >= 11 is 0. The Morgan fingerprint density at radius 3 is 2.73 bits per heavy atom. The standard InChI is InChI=1S/C10H16N4O/c1-7(2)6-14(3)10(15)8-4-12-5-9(11)13-8/h4-5,7H,6H2,1-3H3,(H2,11,13). The predicted molar refractivity (Wildman–Crippen MR) is 58.2 cm³/mol. The van der Waals surface area contributed by atoms with Crippen molar-refractivity contribution in [2.75, 3.05) is 19.3 Å². The van der Waals surface area contributed by atoms with E-state index in [1.54, 1.807) is 11.9 Å².